The molecule has 0 bridgehead atoms. The number of nitrogens with zero attached hydrogens (tertiary/aromatic N) is 2. The maximum absolute atomic E-state index is 6.15. The van der Waals surface area contributed by atoms with Crippen LogP contribution in [-0.2, 0) is 6.54 Å². The lowest BCUT2D eigenvalue weighted by atomic mass is 9.81. The van der Waals surface area contributed by atoms with Gasteiger partial charge in [-0.25, -0.2) is 4.68 Å². The Bertz CT molecular complexity index is 416. The average molecular weight is 278 g/mol. The first-order valence-electron chi connectivity index (χ1n) is 8.22. The molecule has 0 saturated heterocycles. The first kappa shape index (κ1) is 15.2. The van der Waals surface area contributed by atoms with E-state index in [1.807, 2.05) is 11.6 Å². The Morgan fingerprint density at radius 3 is 2.45 bits per heavy atom. The van der Waals surface area contributed by atoms with Gasteiger partial charge < -0.3 is 11.1 Å². The van der Waals surface area contributed by atoms with Crippen molar-refractivity contribution in [3.63, 3.8) is 0 Å². The number of nitrogen functional groups attached to an aromatic ring is 1. The molecule has 0 atom stereocenters. The van der Waals surface area contributed by atoms with E-state index in [2.05, 4.69) is 24.3 Å². The third-order valence-corrected chi connectivity index (χ3v) is 4.71. The molecule has 114 valence electrons. The zero-order valence-electron chi connectivity index (χ0n) is 13.3. The topological polar surface area (TPSA) is 55.9 Å². The standard InChI is InChI=1S/C16H30N4/c1-4-10-20-16(15(17)12(3)19-20)18-11-14-8-6-13(5-2)7-9-14/h13-14,18H,4-11,17H2,1-3H3. The van der Waals surface area contributed by atoms with Crippen LogP contribution in [0.25, 0.3) is 0 Å². The third kappa shape index (κ3) is 3.47. The van der Waals surface area contributed by atoms with Gasteiger partial charge in [0.15, 0.2) is 0 Å². The molecule has 4 heteroatoms. The van der Waals surface area contributed by atoms with Crippen molar-refractivity contribution in [1.29, 1.82) is 0 Å². The second-order valence-corrected chi connectivity index (χ2v) is 6.25. The van der Waals surface area contributed by atoms with Gasteiger partial charge in [-0.05, 0) is 38.0 Å². The van der Waals surface area contributed by atoms with E-state index in [0.29, 0.717) is 0 Å². The number of hydrogen-bond donors (Lipinski definition) is 2. The van der Waals surface area contributed by atoms with Gasteiger partial charge in [0, 0.05) is 13.1 Å². The second-order valence-electron chi connectivity index (χ2n) is 6.25. The largest absolute Gasteiger partial charge is 0.394 e. The van der Waals surface area contributed by atoms with Crippen molar-refractivity contribution in [1.82, 2.24) is 9.78 Å². The molecule has 0 spiro atoms. The Kier molecular flexibility index (Phi) is 5.32. The zero-order valence-corrected chi connectivity index (χ0v) is 13.3. The quantitative estimate of drug-likeness (QED) is 0.832. The van der Waals surface area contributed by atoms with Crippen LogP contribution >= 0.6 is 0 Å². The Morgan fingerprint density at radius 2 is 1.85 bits per heavy atom. The fraction of sp³-hybridized carbons (Fsp3) is 0.812. The van der Waals surface area contributed by atoms with E-state index in [-0.39, 0.29) is 0 Å². The highest BCUT2D eigenvalue weighted by Crippen LogP contribution is 2.31. The van der Waals surface area contributed by atoms with E-state index in [0.717, 1.165) is 48.5 Å². The van der Waals surface area contributed by atoms with Crippen LogP contribution in [0, 0.1) is 18.8 Å². The minimum Gasteiger partial charge on any atom is -0.394 e. The average Bonchev–Trinajstić information content (AvgIpc) is 2.73. The Morgan fingerprint density at radius 1 is 1.20 bits per heavy atom. The minimum atomic E-state index is 0.794. The van der Waals surface area contributed by atoms with Crippen molar-refractivity contribution in [3.05, 3.63) is 5.69 Å². The summed E-state index contributed by atoms with van der Waals surface area (Å²) < 4.78 is 2.03. The molecule has 1 aliphatic rings. The number of hydrogen-bond acceptors (Lipinski definition) is 3. The van der Waals surface area contributed by atoms with E-state index < -0.39 is 0 Å². The van der Waals surface area contributed by atoms with Crippen LogP contribution in [0.4, 0.5) is 11.5 Å². The molecule has 0 radical (unpaired) electrons. The first-order valence-corrected chi connectivity index (χ1v) is 8.22. The van der Waals surface area contributed by atoms with Crippen LogP contribution in [0.2, 0.25) is 0 Å². The van der Waals surface area contributed by atoms with Gasteiger partial charge in [-0.3, -0.25) is 0 Å². The fourth-order valence-corrected chi connectivity index (χ4v) is 3.24. The molecule has 0 unspecified atom stereocenters. The van der Waals surface area contributed by atoms with Gasteiger partial charge in [-0.2, -0.15) is 5.10 Å². The molecular weight excluding hydrogens is 248 g/mol. The van der Waals surface area contributed by atoms with Crippen molar-refractivity contribution in [2.45, 2.75) is 65.8 Å². The Labute approximate surface area is 123 Å². The van der Waals surface area contributed by atoms with Crippen LogP contribution < -0.4 is 11.1 Å². The molecule has 0 aliphatic heterocycles. The smallest absolute Gasteiger partial charge is 0.148 e. The molecule has 20 heavy (non-hydrogen) atoms. The highest BCUT2D eigenvalue weighted by atomic mass is 15.3. The van der Waals surface area contributed by atoms with E-state index in [1.54, 1.807) is 0 Å². The van der Waals surface area contributed by atoms with Crippen molar-refractivity contribution < 1.29 is 0 Å². The summed E-state index contributed by atoms with van der Waals surface area (Å²) in [5.41, 5.74) is 7.91. The maximum atomic E-state index is 6.15. The van der Waals surface area contributed by atoms with Crippen molar-refractivity contribution in [3.8, 4) is 0 Å². The maximum Gasteiger partial charge on any atom is 0.148 e. The normalized spacial score (nSPS) is 22.9. The van der Waals surface area contributed by atoms with Crippen LogP contribution in [0.1, 0.15) is 58.1 Å². The van der Waals surface area contributed by atoms with Crippen molar-refractivity contribution in [2.75, 3.05) is 17.6 Å². The zero-order chi connectivity index (χ0) is 14.5. The van der Waals surface area contributed by atoms with Crippen LogP contribution in [-0.4, -0.2) is 16.3 Å². The SMILES string of the molecule is CCCn1nc(C)c(N)c1NCC1CCC(CC)CC1. The molecule has 1 saturated carbocycles. The van der Waals surface area contributed by atoms with Crippen LogP contribution in [0.3, 0.4) is 0 Å². The van der Waals surface area contributed by atoms with Gasteiger partial charge in [0.1, 0.15) is 5.82 Å². The predicted octanol–water partition coefficient (Wildman–Crippen LogP) is 3.81. The molecule has 3 N–H and O–H groups in total. The fourth-order valence-electron chi connectivity index (χ4n) is 3.24. The van der Waals surface area contributed by atoms with Crippen molar-refractivity contribution >= 4 is 11.5 Å². The molecule has 1 aromatic rings. The molecule has 1 aromatic heterocycles. The second kappa shape index (κ2) is 7.00. The molecule has 1 fully saturated rings. The lowest BCUT2D eigenvalue weighted by Crippen LogP contribution is -2.22. The summed E-state index contributed by atoms with van der Waals surface area (Å²) in [6.45, 7) is 8.44. The third-order valence-electron chi connectivity index (χ3n) is 4.71. The summed E-state index contributed by atoms with van der Waals surface area (Å²) >= 11 is 0. The number of anilines is 2. The molecule has 2 rings (SSSR count). The van der Waals surface area contributed by atoms with Crippen molar-refractivity contribution in [2.24, 2.45) is 11.8 Å². The number of nitrogens with two attached hydrogens (primary N) is 1. The summed E-state index contributed by atoms with van der Waals surface area (Å²) in [7, 11) is 0. The highest BCUT2D eigenvalue weighted by molar-refractivity contribution is 5.64. The molecule has 1 aliphatic carbocycles. The van der Waals surface area contributed by atoms with Gasteiger partial charge >= 0.3 is 0 Å². The van der Waals surface area contributed by atoms with Gasteiger partial charge in [0.2, 0.25) is 0 Å². The molecule has 4 nitrogen and oxygen atoms in total. The Balaban J connectivity index is 1.90. The summed E-state index contributed by atoms with van der Waals surface area (Å²) in [5.74, 6) is 2.79. The van der Waals surface area contributed by atoms with E-state index in [9.17, 15) is 0 Å². The summed E-state index contributed by atoms with van der Waals surface area (Å²) in [6.07, 6.45) is 7.92. The first-order chi connectivity index (χ1) is 9.65. The highest BCUT2D eigenvalue weighted by Gasteiger charge is 2.21. The minimum absolute atomic E-state index is 0.794. The number of rotatable bonds is 6. The molecule has 0 aromatic carbocycles. The summed E-state index contributed by atoms with van der Waals surface area (Å²) in [4.78, 5) is 0. The van der Waals surface area contributed by atoms with Crippen LogP contribution in [0.15, 0.2) is 0 Å². The summed E-state index contributed by atoms with van der Waals surface area (Å²) in [6, 6.07) is 0. The van der Waals surface area contributed by atoms with Gasteiger partial charge in [-0.1, -0.05) is 33.1 Å². The van der Waals surface area contributed by atoms with E-state index in [1.165, 1.54) is 32.1 Å². The Hall–Kier alpha value is -1.19. The predicted molar refractivity (Wildman–Crippen MR) is 85.9 cm³/mol. The van der Waals surface area contributed by atoms with E-state index >= 15 is 0 Å². The van der Waals surface area contributed by atoms with Gasteiger partial charge in [0.25, 0.3) is 0 Å². The summed E-state index contributed by atoms with van der Waals surface area (Å²) in [5, 5.41) is 8.08. The lowest BCUT2D eigenvalue weighted by Gasteiger charge is -2.28. The van der Waals surface area contributed by atoms with Gasteiger partial charge in [0.05, 0.1) is 11.4 Å². The molecule has 1 heterocycles. The van der Waals surface area contributed by atoms with Crippen LogP contribution in [0.5, 0.6) is 0 Å². The van der Waals surface area contributed by atoms with E-state index in [4.69, 9.17) is 5.73 Å². The molecule has 0 amide bonds. The number of aryl methyl sites for hydroxylation is 2. The molecular formula is C16H30N4. The van der Waals surface area contributed by atoms with Gasteiger partial charge in [-0.15, -0.1) is 0 Å². The monoisotopic (exact) mass is 278 g/mol. The lowest BCUT2D eigenvalue weighted by molar-refractivity contribution is 0.278. The number of aromatic nitrogens is 2. The number of nitrogens with one attached hydrogen (secondary N) is 1.